The number of hydrogen-bond donors (Lipinski definition) is 1. The van der Waals surface area contributed by atoms with Gasteiger partial charge in [0.05, 0.1) is 5.56 Å². The molecule has 0 amide bonds. The second-order valence-corrected chi connectivity index (χ2v) is 5.22. The van der Waals surface area contributed by atoms with Crippen LogP contribution < -0.4 is 5.56 Å². The number of benzene rings is 1. The summed E-state index contributed by atoms with van der Waals surface area (Å²) in [7, 11) is 1.47. The third-order valence-corrected chi connectivity index (χ3v) is 3.54. The van der Waals surface area contributed by atoms with E-state index in [4.69, 9.17) is 5.11 Å². The van der Waals surface area contributed by atoms with Gasteiger partial charge in [-0.05, 0) is 23.8 Å². The van der Waals surface area contributed by atoms with E-state index in [0.29, 0.717) is 10.0 Å². The molecule has 1 heterocycles. The Morgan fingerprint density at radius 3 is 2.65 bits per heavy atom. The molecule has 1 aromatic carbocycles. The first-order valence-electron chi connectivity index (χ1n) is 5.76. The lowest BCUT2D eigenvalue weighted by molar-refractivity contribution is 0.0694. The van der Waals surface area contributed by atoms with Crippen molar-refractivity contribution in [1.29, 1.82) is 0 Å². The Kier molecular flexibility index (Phi) is 4.04. The van der Waals surface area contributed by atoms with E-state index in [9.17, 15) is 14.0 Å². The molecule has 104 valence electrons. The summed E-state index contributed by atoms with van der Waals surface area (Å²) in [6.07, 6.45) is 0.0350. The zero-order chi connectivity index (χ0) is 14.9. The molecular weight excluding hydrogens is 329 g/mol. The molecule has 0 saturated carbocycles. The first-order chi connectivity index (χ1) is 9.40. The molecule has 1 N–H and O–H groups in total. The summed E-state index contributed by atoms with van der Waals surface area (Å²) in [5.41, 5.74) is 0.264. The summed E-state index contributed by atoms with van der Waals surface area (Å²) >= 11 is 3.16. The number of carboxylic acid groups (broad SMARTS) is 1. The van der Waals surface area contributed by atoms with Gasteiger partial charge in [0.1, 0.15) is 5.82 Å². The van der Waals surface area contributed by atoms with Crippen LogP contribution in [0.1, 0.15) is 21.6 Å². The predicted molar refractivity (Wildman–Crippen MR) is 75.5 cm³/mol. The van der Waals surface area contributed by atoms with Gasteiger partial charge in [0.15, 0.2) is 0 Å². The molecule has 0 bridgehead atoms. The molecule has 2 rings (SSSR count). The van der Waals surface area contributed by atoms with E-state index in [1.807, 2.05) is 0 Å². The van der Waals surface area contributed by atoms with Crippen molar-refractivity contribution in [2.45, 2.75) is 6.42 Å². The average molecular weight is 340 g/mol. The average Bonchev–Trinajstić information content (AvgIpc) is 2.37. The molecule has 0 aliphatic carbocycles. The summed E-state index contributed by atoms with van der Waals surface area (Å²) in [6, 6.07) is 6.96. The van der Waals surface area contributed by atoms with Gasteiger partial charge in [-0.2, -0.15) is 0 Å². The fourth-order valence-electron chi connectivity index (χ4n) is 1.93. The number of carbonyl (C=O) groups is 1. The SMILES string of the molecule is Cn1c(Cc2ccc(Br)cc2F)c(C(=O)O)ccc1=O. The predicted octanol–water partition coefficient (Wildman–Crippen LogP) is 2.58. The Hall–Kier alpha value is -1.95. The molecule has 0 fully saturated rings. The van der Waals surface area contributed by atoms with Crippen LogP contribution in [0.5, 0.6) is 0 Å². The molecule has 0 unspecified atom stereocenters. The second kappa shape index (κ2) is 5.58. The molecular formula is C14H11BrFNO3. The van der Waals surface area contributed by atoms with Crippen molar-refractivity contribution in [2.24, 2.45) is 7.05 Å². The number of aromatic carboxylic acids is 1. The summed E-state index contributed by atoms with van der Waals surface area (Å²) < 4.78 is 15.7. The lowest BCUT2D eigenvalue weighted by Gasteiger charge is -2.12. The molecule has 0 atom stereocenters. The third kappa shape index (κ3) is 2.80. The van der Waals surface area contributed by atoms with Crippen LogP contribution in [-0.4, -0.2) is 15.6 Å². The van der Waals surface area contributed by atoms with Crippen molar-refractivity contribution in [3.63, 3.8) is 0 Å². The Morgan fingerprint density at radius 2 is 2.05 bits per heavy atom. The maximum absolute atomic E-state index is 13.8. The van der Waals surface area contributed by atoms with Gasteiger partial charge in [0.25, 0.3) is 5.56 Å². The van der Waals surface area contributed by atoms with E-state index < -0.39 is 11.8 Å². The molecule has 0 spiro atoms. The molecule has 1 aromatic heterocycles. The van der Waals surface area contributed by atoms with Gasteiger partial charge in [0, 0.05) is 29.7 Å². The number of rotatable bonds is 3. The molecule has 0 aliphatic heterocycles. The van der Waals surface area contributed by atoms with Gasteiger partial charge in [0.2, 0.25) is 0 Å². The normalized spacial score (nSPS) is 10.6. The van der Waals surface area contributed by atoms with Gasteiger partial charge in [-0.25, -0.2) is 9.18 Å². The first-order valence-corrected chi connectivity index (χ1v) is 6.55. The molecule has 20 heavy (non-hydrogen) atoms. The van der Waals surface area contributed by atoms with E-state index in [1.54, 1.807) is 12.1 Å². The van der Waals surface area contributed by atoms with Crippen molar-refractivity contribution in [3.05, 3.63) is 67.8 Å². The standard InChI is InChI=1S/C14H11BrFNO3/c1-17-12(10(14(19)20)4-5-13(17)18)6-8-2-3-9(15)7-11(8)16/h2-5,7H,6H2,1H3,(H,19,20). The Labute approximate surface area is 122 Å². The van der Waals surface area contributed by atoms with E-state index in [-0.39, 0.29) is 23.2 Å². The van der Waals surface area contributed by atoms with Crippen LogP contribution in [0.3, 0.4) is 0 Å². The van der Waals surface area contributed by atoms with Crippen LogP contribution >= 0.6 is 15.9 Å². The van der Waals surface area contributed by atoms with Gasteiger partial charge in [-0.1, -0.05) is 22.0 Å². The smallest absolute Gasteiger partial charge is 0.337 e. The molecule has 0 radical (unpaired) electrons. The van der Waals surface area contributed by atoms with Crippen molar-refractivity contribution in [3.8, 4) is 0 Å². The Bertz CT molecular complexity index is 740. The quantitative estimate of drug-likeness (QED) is 0.934. The summed E-state index contributed by atoms with van der Waals surface area (Å²) in [5.74, 6) is -1.60. The van der Waals surface area contributed by atoms with Gasteiger partial charge in [-0.3, -0.25) is 4.79 Å². The number of carboxylic acids is 1. The zero-order valence-corrected chi connectivity index (χ0v) is 12.1. The lowest BCUT2D eigenvalue weighted by atomic mass is 10.0. The largest absolute Gasteiger partial charge is 0.478 e. The number of nitrogens with zero attached hydrogens (tertiary/aromatic N) is 1. The minimum absolute atomic E-state index is 0.00517. The molecule has 4 nitrogen and oxygen atoms in total. The van der Waals surface area contributed by atoms with E-state index >= 15 is 0 Å². The number of pyridine rings is 1. The topological polar surface area (TPSA) is 59.3 Å². The fraction of sp³-hybridized carbons (Fsp3) is 0.143. The first kappa shape index (κ1) is 14.5. The van der Waals surface area contributed by atoms with Crippen LogP contribution in [-0.2, 0) is 13.5 Å². The van der Waals surface area contributed by atoms with Gasteiger partial charge < -0.3 is 9.67 Å². The fourth-order valence-corrected chi connectivity index (χ4v) is 2.26. The molecule has 6 heteroatoms. The van der Waals surface area contributed by atoms with E-state index in [1.165, 1.54) is 29.8 Å². The maximum atomic E-state index is 13.8. The van der Waals surface area contributed by atoms with Crippen LogP contribution in [0, 0.1) is 5.82 Å². The Morgan fingerprint density at radius 1 is 1.35 bits per heavy atom. The zero-order valence-electron chi connectivity index (χ0n) is 10.6. The summed E-state index contributed by atoms with van der Waals surface area (Å²) in [5, 5.41) is 9.16. The lowest BCUT2D eigenvalue weighted by Crippen LogP contribution is -2.23. The maximum Gasteiger partial charge on any atom is 0.337 e. The number of aromatic nitrogens is 1. The highest BCUT2D eigenvalue weighted by atomic mass is 79.9. The van der Waals surface area contributed by atoms with Crippen LogP contribution in [0.4, 0.5) is 4.39 Å². The second-order valence-electron chi connectivity index (χ2n) is 4.31. The third-order valence-electron chi connectivity index (χ3n) is 3.04. The van der Waals surface area contributed by atoms with Crippen molar-refractivity contribution in [1.82, 2.24) is 4.57 Å². The van der Waals surface area contributed by atoms with Crippen LogP contribution in [0.15, 0.2) is 39.6 Å². The summed E-state index contributed by atoms with van der Waals surface area (Å²) in [4.78, 5) is 22.8. The highest BCUT2D eigenvalue weighted by Gasteiger charge is 2.15. The van der Waals surface area contributed by atoms with Crippen LogP contribution in [0.2, 0.25) is 0 Å². The highest BCUT2D eigenvalue weighted by Crippen LogP contribution is 2.19. The number of hydrogen-bond acceptors (Lipinski definition) is 2. The van der Waals surface area contributed by atoms with Crippen molar-refractivity contribution < 1.29 is 14.3 Å². The molecule has 0 aliphatic rings. The van der Waals surface area contributed by atoms with Crippen molar-refractivity contribution >= 4 is 21.9 Å². The van der Waals surface area contributed by atoms with Gasteiger partial charge >= 0.3 is 5.97 Å². The van der Waals surface area contributed by atoms with Crippen LogP contribution in [0.25, 0.3) is 0 Å². The monoisotopic (exact) mass is 339 g/mol. The highest BCUT2D eigenvalue weighted by molar-refractivity contribution is 9.10. The molecule has 2 aromatic rings. The Balaban J connectivity index is 2.55. The van der Waals surface area contributed by atoms with Crippen molar-refractivity contribution in [2.75, 3.05) is 0 Å². The summed E-state index contributed by atoms with van der Waals surface area (Å²) in [6.45, 7) is 0. The molecule has 0 saturated heterocycles. The minimum Gasteiger partial charge on any atom is -0.478 e. The van der Waals surface area contributed by atoms with E-state index in [2.05, 4.69) is 15.9 Å². The van der Waals surface area contributed by atoms with Gasteiger partial charge in [-0.15, -0.1) is 0 Å². The van der Waals surface area contributed by atoms with E-state index in [0.717, 1.165) is 0 Å². The minimum atomic E-state index is -1.15. The number of halogens is 2.